The summed E-state index contributed by atoms with van der Waals surface area (Å²) in [5, 5.41) is 4.49. The van der Waals surface area contributed by atoms with Crippen LogP contribution in [0.15, 0.2) is 46.0 Å². The maximum absolute atomic E-state index is 12.1. The largest absolute Gasteiger partial charge is 0.481 e. The molecule has 2 aromatic carbocycles. The molecule has 0 saturated carbocycles. The fraction of sp³-hybridized carbons (Fsp3) is 0.176. The van der Waals surface area contributed by atoms with Gasteiger partial charge in [0.05, 0.1) is 6.21 Å². The highest BCUT2D eigenvalue weighted by molar-refractivity contribution is 9.10. The third-order valence-electron chi connectivity index (χ3n) is 3.35. The Morgan fingerprint density at radius 3 is 2.88 bits per heavy atom. The summed E-state index contributed by atoms with van der Waals surface area (Å²) in [4.78, 5) is 12.1. The number of hydrogen-bond acceptors (Lipinski definition) is 5. The lowest BCUT2D eigenvalue weighted by Crippen LogP contribution is -2.33. The van der Waals surface area contributed by atoms with Crippen molar-refractivity contribution in [1.29, 1.82) is 0 Å². The SMILES string of the molecule is CC(Oc1cccc(Cl)c1)C(=O)NN=Cc1cc2c(cc1Br)OCO2. The summed E-state index contributed by atoms with van der Waals surface area (Å²) < 4.78 is 16.9. The van der Waals surface area contributed by atoms with Crippen molar-refractivity contribution in [3.05, 3.63) is 51.5 Å². The summed E-state index contributed by atoms with van der Waals surface area (Å²) >= 11 is 9.31. The Bertz CT molecular complexity index is 828. The molecule has 0 spiro atoms. The van der Waals surface area contributed by atoms with Gasteiger partial charge in [0, 0.05) is 15.1 Å². The van der Waals surface area contributed by atoms with Crippen molar-refractivity contribution in [3.8, 4) is 17.2 Å². The number of carbonyl (C=O) groups is 1. The van der Waals surface area contributed by atoms with E-state index >= 15 is 0 Å². The summed E-state index contributed by atoms with van der Waals surface area (Å²) in [6.45, 7) is 1.82. The van der Waals surface area contributed by atoms with Gasteiger partial charge in [-0.25, -0.2) is 5.43 Å². The number of ether oxygens (including phenoxy) is 3. The van der Waals surface area contributed by atoms with Crippen molar-refractivity contribution in [1.82, 2.24) is 5.43 Å². The van der Waals surface area contributed by atoms with E-state index in [2.05, 4.69) is 26.5 Å². The summed E-state index contributed by atoms with van der Waals surface area (Å²) in [7, 11) is 0. The molecule has 6 nitrogen and oxygen atoms in total. The lowest BCUT2D eigenvalue weighted by molar-refractivity contribution is -0.127. The van der Waals surface area contributed by atoms with E-state index < -0.39 is 6.10 Å². The smallest absolute Gasteiger partial charge is 0.280 e. The molecule has 0 radical (unpaired) electrons. The second-order valence-electron chi connectivity index (χ2n) is 5.18. The molecule has 130 valence electrons. The van der Waals surface area contributed by atoms with Crippen LogP contribution < -0.4 is 19.6 Å². The van der Waals surface area contributed by atoms with Crippen molar-refractivity contribution in [3.63, 3.8) is 0 Å². The number of carbonyl (C=O) groups excluding carboxylic acids is 1. The molecule has 1 heterocycles. The van der Waals surface area contributed by atoms with Crippen molar-refractivity contribution in [2.75, 3.05) is 6.79 Å². The molecule has 0 saturated heterocycles. The Labute approximate surface area is 157 Å². The van der Waals surface area contributed by atoms with Gasteiger partial charge in [-0.2, -0.15) is 5.10 Å². The molecule has 1 unspecified atom stereocenters. The molecule has 1 aliphatic heterocycles. The lowest BCUT2D eigenvalue weighted by atomic mass is 10.2. The first-order chi connectivity index (χ1) is 12.0. The van der Waals surface area contributed by atoms with E-state index in [1.54, 1.807) is 43.3 Å². The highest BCUT2D eigenvalue weighted by Gasteiger charge is 2.16. The number of benzene rings is 2. The molecule has 3 rings (SSSR count). The Morgan fingerprint density at radius 1 is 1.36 bits per heavy atom. The van der Waals surface area contributed by atoms with Crippen LogP contribution in [-0.4, -0.2) is 25.0 Å². The van der Waals surface area contributed by atoms with E-state index in [0.717, 1.165) is 10.0 Å². The van der Waals surface area contributed by atoms with Crippen molar-refractivity contribution >= 4 is 39.7 Å². The first kappa shape index (κ1) is 17.6. The molecule has 0 bridgehead atoms. The van der Waals surface area contributed by atoms with Gasteiger partial charge in [-0.15, -0.1) is 0 Å². The van der Waals surface area contributed by atoms with Gasteiger partial charge in [0.1, 0.15) is 5.75 Å². The second kappa shape index (κ2) is 7.76. The fourth-order valence-corrected chi connectivity index (χ4v) is 2.69. The summed E-state index contributed by atoms with van der Waals surface area (Å²) in [6, 6.07) is 10.4. The fourth-order valence-electron chi connectivity index (χ4n) is 2.09. The molecule has 2 aromatic rings. The molecule has 1 atom stereocenters. The van der Waals surface area contributed by atoms with Crippen LogP contribution >= 0.6 is 27.5 Å². The van der Waals surface area contributed by atoms with Crippen LogP contribution in [0.25, 0.3) is 0 Å². The Balaban J connectivity index is 1.59. The van der Waals surface area contributed by atoms with Crippen LogP contribution in [0, 0.1) is 0 Å². The van der Waals surface area contributed by atoms with Gasteiger partial charge in [-0.05, 0) is 53.2 Å². The minimum absolute atomic E-state index is 0.192. The zero-order valence-electron chi connectivity index (χ0n) is 13.2. The normalized spacial score (nSPS) is 13.7. The van der Waals surface area contributed by atoms with Crippen LogP contribution in [0.2, 0.25) is 5.02 Å². The number of hydrazone groups is 1. The molecule has 1 aliphatic rings. The van der Waals surface area contributed by atoms with Crippen LogP contribution in [0.5, 0.6) is 17.2 Å². The number of amides is 1. The third kappa shape index (κ3) is 4.43. The van der Waals surface area contributed by atoms with Crippen molar-refractivity contribution in [2.24, 2.45) is 5.10 Å². The van der Waals surface area contributed by atoms with Gasteiger partial charge in [0.15, 0.2) is 17.6 Å². The third-order valence-corrected chi connectivity index (χ3v) is 4.27. The van der Waals surface area contributed by atoms with E-state index in [1.807, 2.05) is 0 Å². The maximum Gasteiger partial charge on any atom is 0.280 e. The van der Waals surface area contributed by atoms with Gasteiger partial charge in [-0.1, -0.05) is 17.7 Å². The number of fused-ring (bicyclic) bond motifs is 1. The van der Waals surface area contributed by atoms with E-state index in [1.165, 1.54) is 6.21 Å². The van der Waals surface area contributed by atoms with Gasteiger partial charge in [-0.3, -0.25) is 4.79 Å². The van der Waals surface area contributed by atoms with Crippen LogP contribution in [0.3, 0.4) is 0 Å². The molecule has 8 heteroatoms. The Hall–Kier alpha value is -2.25. The van der Waals surface area contributed by atoms with Crippen LogP contribution in [-0.2, 0) is 4.79 Å². The van der Waals surface area contributed by atoms with Gasteiger partial charge in [0.2, 0.25) is 6.79 Å². The average Bonchev–Trinajstić information content (AvgIpc) is 3.02. The first-order valence-electron chi connectivity index (χ1n) is 7.37. The highest BCUT2D eigenvalue weighted by Crippen LogP contribution is 2.36. The number of halogens is 2. The van der Waals surface area contributed by atoms with Crippen molar-refractivity contribution in [2.45, 2.75) is 13.0 Å². The molecular weight excluding hydrogens is 412 g/mol. The summed E-state index contributed by atoms with van der Waals surface area (Å²) in [5.74, 6) is 1.43. The molecule has 0 fully saturated rings. The zero-order chi connectivity index (χ0) is 17.8. The number of nitrogens with zero attached hydrogens (tertiary/aromatic N) is 1. The van der Waals surface area contributed by atoms with Crippen LogP contribution in [0.1, 0.15) is 12.5 Å². The molecule has 25 heavy (non-hydrogen) atoms. The second-order valence-corrected chi connectivity index (χ2v) is 6.47. The molecule has 1 N–H and O–H groups in total. The standard InChI is InChI=1S/C17H14BrClN2O4/c1-10(25-13-4-2-3-12(19)6-13)17(22)21-20-8-11-5-15-16(7-14(11)18)24-9-23-15/h2-8,10H,9H2,1H3,(H,21,22). The lowest BCUT2D eigenvalue weighted by Gasteiger charge is -2.13. The number of rotatable bonds is 5. The van der Waals surface area contributed by atoms with E-state index in [9.17, 15) is 4.79 Å². The first-order valence-corrected chi connectivity index (χ1v) is 8.54. The predicted molar refractivity (Wildman–Crippen MR) is 97.5 cm³/mol. The zero-order valence-corrected chi connectivity index (χ0v) is 15.5. The summed E-state index contributed by atoms with van der Waals surface area (Å²) in [5.41, 5.74) is 3.18. The van der Waals surface area contributed by atoms with Gasteiger partial charge < -0.3 is 14.2 Å². The average molecular weight is 426 g/mol. The van der Waals surface area contributed by atoms with E-state index in [-0.39, 0.29) is 12.7 Å². The maximum atomic E-state index is 12.1. The Kier molecular flexibility index (Phi) is 5.45. The predicted octanol–water partition coefficient (Wildman–Crippen LogP) is 3.75. The molecule has 0 aliphatic carbocycles. The Morgan fingerprint density at radius 2 is 2.12 bits per heavy atom. The number of hydrogen-bond donors (Lipinski definition) is 1. The minimum atomic E-state index is -0.726. The molecule has 0 aromatic heterocycles. The molecular formula is C17H14BrClN2O4. The quantitative estimate of drug-likeness (QED) is 0.585. The number of nitrogens with one attached hydrogen (secondary N) is 1. The van der Waals surface area contributed by atoms with Gasteiger partial charge in [0.25, 0.3) is 5.91 Å². The summed E-state index contributed by atoms with van der Waals surface area (Å²) in [6.07, 6.45) is 0.784. The minimum Gasteiger partial charge on any atom is -0.481 e. The monoisotopic (exact) mass is 424 g/mol. The molecule has 1 amide bonds. The van der Waals surface area contributed by atoms with Crippen molar-refractivity contribution < 1.29 is 19.0 Å². The van der Waals surface area contributed by atoms with E-state index in [0.29, 0.717) is 22.3 Å². The highest BCUT2D eigenvalue weighted by atomic mass is 79.9. The topological polar surface area (TPSA) is 69.2 Å². The van der Waals surface area contributed by atoms with Gasteiger partial charge >= 0.3 is 0 Å². The van der Waals surface area contributed by atoms with Crippen LogP contribution in [0.4, 0.5) is 0 Å². The van der Waals surface area contributed by atoms with E-state index in [4.69, 9.17) is 25.8 Å².